The minimum absolute atomic E-state index is 0.207. The molecule has 0 saturated carbocycles. The van der Waals surface area contributed by atoms with Crippen LogP contribution in [0.4, 0.5) is 15.8 Å². The number of anilines is 2. The van der Waals surface area contributed by atoms with Crippen molar-refractivity contribution in [2.24, 2.45) is 0 Å². The molecule has 0 spiro atoms. The van der Waals surface area contributed by atoms with Crippen LogP contribution >= 0.6 is 0 Å². The maximum absolute atomic E-state index is 12.8. The lowest BCUT2D eigenvalue weighted by atomic mass is 10.2. The molecule has 0 radical (unpaired) electrons. The molecule has 0 fully saturated rings. The number of rotatable bonds is 2. The van der Waals surface area contributed by atoms with Gasteiger partial charge in [0.05, 0.1) is 0 Å². The van der Waals surface area contributed by atoms with Crippen molar-refractivity contribution in [2.45, 2.75) is 6.92 Å². The lowest BCUT2D eigenvalue weighted by molar-refractivity contribution is 0.628. The van der Waals surface area contributed by atoms with Gasteiger partial charge in [0.25, 0.3) is 0 Å². The van der Waals surface area contributed by atoms with Gasteiger partial charge >= 0.3 is 0 Å². The molecule has 0 bridgehead atoms. The second kappa shape index (κ2) is 4.35. The Morgan fingerprint density at radius 1 is 0.812 bits per heavy atom. The van der Waals surface area contributed by atoms with E-state index in [2.05, 4.69) is 31.2 Å². The van der Waals surface area contributed by atoms with Crippen molar-refractivity contribution < 1.29 is 4.39 Å². The van der Waals surface area contributed by atoms with Crippen molar-refractivity contribution in [3.05, 3.63) is 59.9 Å². The van der Waals surface area contributed by atoms with Gasteiger partial charge in [-0.05, 0) is 43.3 Å². The first-order valence-electron chi connectivity index (χ1n) is 5.23. The maximum atomic E-state index is 12.8. The van der Waals surface area contributed by atoms with Gasteiger partial charge in [0.2, 0.25) is 0 Å². The fourth-order valence-corrected chi connectivity index (χ4v) is 1.58. The third-order valence-electron chi connectivity index (χ3n) is 2.64. The van der Waals surface area contributed by atoms with E-state index < -0.39 is 0 Å². The normalized spacial score (nSPS) is 10.2. The van der Waals surface area contributed by atoms with Crippen LogP contribution in [0.3, 0.4) is 0 Å². The van der Waals surface area contributed by atoms with E-state index in [-0.39, 0.29) is 5.82 Å². The lowest BCUT2D eigenvalue weighted by Crippen LogP contribution is -2.08. The first-order valence-corrected chi connectivity index (χ1v) is 5.23. The topological polar surface area (TPSA) is 3.24 Å². The fraction of sp³-hybridized carbons (Fsp3) is 0.143. The van der Waals surface area contributed by atoms with E-state index in [0.717, 1.165) is 11.4 Å². The molecule has 0 amide bonds. The van der Waals surface area contributed by atoms with E-state index >= 15 is 0 Å². The fourth-order valence-electron chi connectivity index (χ4n) is 1.58. The second-order valence-corrected chi connectivity index (χ2v) is 3.87. The minimum Gasteiger partial charge on any atom is -0.345 e. The predicted molar refractivity (Wildman–Crippen MR) is 65.6 cm³/mol. The molecule has 2 rings (SSSR count). The molecule has 2 heteroatoms. The zero-order valence-corrected chi connectivity index (χ0v) is 9.44. The number of benzene rings is 2. The molecule has 0 atom stereocenters. The standard InChI is InChI=1S/C14H14FN/c1-11-3-7-13(8-4-11)16(2)14-9-5-12(15)6-10-14/h3-10H,1-2H3. The van der Waals surface area contributed by atoms with Gasteiger partial charge in [0, 0.05) is 18.4 Å². The Balaban J connectivity index is 2.28. The molecule has 1 nitrogen and oxygen atoms in total. The number of aryl methyl sites for hydroxylation is 1. The van der Waals surface area contributed by atoms with Crippen LogP contribution in [-0.4, -0.2) is 7.05 Å². The molecule has 0 unspecified atom stereocenters. The van der Waals surface area contributed by atoms with E-state index in [0.29, 0.717) is 0 Å². The first-order chi connectivity index (χ1) is 7.66. The van der Waals surface area contributed by atoms with Crippen LogP contribution in [0.25, 0.3) is 0 Å². The molecule has 0 aromatic heterocycles. The second-order valence-electron chi connectivity index (χ2n) is 3.87. The highest BCUT2D eigenvalue weighted by Gasteiger charge is 2.03. The van der Waals surface area contributed by atoms with E-state index in [1.54, 1.807) is 12.1 Å². The summed E-state index contributed by atoms with van der Waals surface area (Å²) >= 11 is 0. The van der Waals surface area contributed by atoms with Crippen LogP contribution in [-0.2, 0) is 0 Å². The summed E-state index contributed by atoms with van der Waals surface area (Å²) in [6.45, 7) is 2.06. The lowest BCUT2D eigenvalue weighted by Gasteiger charge is -2.19. The first kappa shape index (κ1) is 10.7. The molecule has 2 aromatic carbocycles. The van der Waals surface area contributed by atoms with Crippen LogP contribution in [0, 0.1) is 12.7 Å². The highest BCUT2D eigenvalue weighted by Crippen LogP contribution is 2.23. The molecule has 16 heavy (non-hydrogen) atoms. The molecule has 82 valence electrons. The number of hydrogen-bond acceptors (Lipinski definition) is 1. The summed E-state index contributed by atoms with van der Waals surface area (Å²) in [4.78, 5) is 2.03. The van der Waals surface area contributed by atoms with E-state index in [1.807, 2.05) is 11.9 Å². The van der Waals surface area contributed by atoms with Crippen molar-refractivity contribution in [2.75, 3.05) is 11.9 Å². The van der Waals surface area contributed by atoms with Crippen molar-refractivity contribution in [3.8, 4) is 0 Å². The van der Waals surface area contributed by atoms with Crippen molar-refractivity contribution >= 4 is 11.4 Å². The number of nitrogens with zero attached hydrogens (tertiary/aromatic N) is 1. The van der Waals surface area contributed by atoms with Crippen LogP contribution < -0.4 is 4.90 Å². The molecule has 0 aliphatic rings. The zero-order chi connectivity index (χ0) is 11.5. The quantitative estimate of drug-likeness (QED) is 0.734. The molecular formula is C14H14FN. The highest BCUT2D eigenvalue weighted by molar-refractivity contribution is 5.62. The van der Waals surface area contributed by atoms with Crippen LogP contribution in [0.15, 0.2) is 48.5 Å². The summed E-state index contributed by atoms with van der Waals surface area (Å²) < 4.78 is 12.8. The molecule has 0 aliphatic heterocycles. The minimum atomic E-state index is -0.207. The van der Waals surface area contributed by atoms with E-state index in [9.17, 15) is 4.39 Å². The smallest absolute Gasteiger partial charge is 0.123 e. The molecule has 0 N–H and O–H groups in total. The monoisotopic (exact) mass is 215 g/mol. The third-order valence-corrected chi connectivity index (χ3v) is 2.64. The summed E-state index contributed by atoms with van der Waals surface area (Å²) in [5, 5.41) is 0. The van der Waals surface area contributed by atoms with Gasteiger partial charge in [-0.1, -0.05) is 17.7 Å². The molecule has 0 saturated heterocycles. The van der Waals surface area contributed by atoms with Crippen molar-refractivity contribution in [1.29, 1.82) is 0 Å². The summed E-state index contributed by atoms with van der Waals surface area (Å²) in [5.74, 6) is -0.207. The Labute approximate surface area is 95.1 Å². The van der Waals surface area contributed by atoms with Crippen LogP contribution in [0.1, 0.15) is 5.56 Å². The van der Waals surface area contributed by atoms with Gasteiger partial charge in [0.1, 0.15) is 5.82 Å². The van der Waals surface area contributed by atoms with Crippen LogP contribution in [0.5, 0.6) is 0 Å². The van der Waals surface area contributed by atoms with E-state index in [4.69, 9.17) is 0 Å². The van der Waals surface area contributed by atoms with Crippen LogP contribution in [0.2, 0.25) is 0 Å². The summed E-state index contributed by atoms with van der Waals surface area (Å²) in [5.41, 5.74) is 3.30. The molecule has 0 heterocycles. The van der Waals surface area contributed by atoms with Crippen molar-refractivity contribution in [1.82, 2.24) is 0 Å². The Kier molecular flexibility index (Phi) is 2.91. The van der Waals surface area contributed by atoms with Crippen molar-refractivity contribution in [3.63, 3.8) is 0 Å². The number of halogens is 1. The summed E-state index contributed by atoms with van der Waals surface area (Å²) in [7, 11) is 1.97. The average molecular weight is 215 g/mol. The zero-order valence-electron chi connectivity index (χ0n) is 9.44. The Morgan fingerprint density at radius 2 is 1.25 bits per heavy atom. The molecular weight excluding hydrogens is 201 g/mol. The Bertz CT molecular complexity index is 414. The van der Waals surface area contributed by atoms with Gasteiger partial charge in [-0.25, -0.2) is 4.39 Å². The highest BCUT2D eigenvalue weighted by atomic mass is 19.1. The Hall–Kier alpha value is -1.83. The third kappa shape index (κ3) is 2.22. The molecule has 0 aliphatic carbocycles. The average Bonchev–Trinajstić information content (AvgIpc) is 2.30. The van der Waals surface area contributed by atoms with Gasteiger partial charge in [0.15, 0.2) is 0 Å². The summed E-state index contributed by atoms with van der Waals surface area (Å²) in [6.07, 6.45) is 0. The predicted octanol–water partition coefficient (Wildman–Crippen LogP) is 3.90. The summed E-state index contributed by atoms with van der Waals surface area (Å²) in [6, 6.07) is 14.7. The SMILES string of the molecule is Cc1ccc(N(C)c2ccc(F)cc2)cc1. The number of hydrogen-bond donors (Lipinski definition) is 0. The van der Waals surface area contributed by atoms with Gasteiger partial charge in [-0.2, -0.15) is 0 Å². The van der Waals surface area contributed by atoms with Gasteiger partial charge < -0.3 is 4.90 Å². The Morgan fingerprint density at radius 3 is 1.75 bits per heavy atom. The maximum Gasteiger partial charge on any atom is 0.123 e. The van der Waals surface area contributed by atoms with Gasteiger partial charge in [-0.3, -0.25) is 0 Å². The largest absolute Gasteiger partial charge is 0.345 e. The van der Waals surface area contributed by atoms with Gasteiger partial charge in [-0.15, -0.1) is 0 Å². The molecule has 2 aromatic rings. The van der Waals surface area contributed by atoms with E-state index in [1.165, 1.54) is 17.7 Å².